The van der Waals surface area contributed by atoms with Crippen LogP contribution >= 0.6 is 0 Å². The van der Waals surface area contributed by atoms with Crippen molar-refractivity contribution < 1.29 is 18.6 Å². The molecule has 6 rings (SSSR count). The van der Waals surface area contributed by atoms with E-state index in [4.69, 9.17) is 9.47 Å². The van der Waals surface area contributed by atoms with E-state index in [1.165, 1.54) is 191 Å². The summed E-state index contributed by atoms with van der Waals surface area (Å²) in [6.07, 6.45) is 47.7. The lowest BCUT2D eigenvalue weighted by Crippen LogP contribution is -2.33. The summed E-state index contributed by atoms with van der Waals surface area (Å²) in [5.41, 5.74) is 6.98. The van der Waals surface area contributed by atoms with Gasteiger partial charge in [-0.15, -0.1) is 0 Å². The largest absolute Gasteiger partial charge is 0.450 e. The maximum atomic E-state index is 6.68. The summed E-state index contributed by atoms with van der Waals surface area (Å²) in [5, 5.41) is 0. The molecule has 2 aliphatic heterocycles. The van der Waals surface area contributed by atoms with Crippen LogP contribution in [0.4, 0.5) is 0 Å². The number of pyridine rings is 2. The minimum Gasteiger partial charge on any atom is -0.450 e. The van der Waals surface area contributed by atoms with Gasteiger partial charge < -0.3 is 9.47 Å². The third-order valence-electron chi connectivity index (χ3n) is 13.0. The van der Waals surface area contributed by atoms with Crippen molar-refractivity contribution in [1.82, 2.24) is 0 Å². The highest BCUT2D eigenvalue weighted by Crippen LogP contribution is 2.52. The molecule has 0 spiro atoms. The number of hydrogen-bond donors (Lipinski definition) is 0. The second-order valence-corrected chi connectivity index (χ2v) is 18.1. The third-order valence-corrected chi connectivity index (χ3v) is 13.0. The monoisotopic (exact) mass is 813 g/mol. The van der Waals surface area contributed by atoms with Crippen LogP contribution in [0.5, 0.6) is 23.0 Å². The number of fused-ring (bicyclic) bond motifs is 4. The molecule has 0 aliphatic carbocycles. The van der Waals surface area contributed by atoms with Gasteiger partial charge in [-0.2, -0.15) is 0 Å². The van der Waals surface area contributed by atoms with E-state index >= 15 is 0 Å². The molecule has 4 heterocycles. The maximum Gasteiger partial charge on any atom is 0.212 e. The molecule has 0 atom stereocenters. The molecule has 60 heavy (non-hydrogen) atoms. The van der Waals surface area contributed by atoms with Crippen LogP contribution in [0.2, 0.25) is 0 Å². The van der Waals surface area contributed by atoms with Gasteiger partial charge in [0.15, 0.2) is 23.9 Å². The van der Waals surface area contributed by atoms with E-state index in [1.54, 1.807) is 0 Å². The van der Waals surface area contributed by atoms with E-state index < -0.39 is 0 Å². The van der Waals surface area contributed by atoms with Crippen molar-refractivity contribution in [2.45, 2.75) is 207 Å². The number of nitrogens with zero attached hydrogens (tertiary/aromatic N) is 2. The quantitative estimate of drug-likeness (QED) is 0.0334. The Morgan fingerprint density at radius 2 is 0.600 bits per heavy atom. The molecule has 4 heteroatoms. The molecule has 2 aliphatic rings. The summed E-state index contributed by atoms with van der Waals surface area (Å²) in [5.74, 6) is 3.68. The summed E-state index contributed by atoms with van der Waals surface area (Å²) in [7, 11) is 0. The molecule has 0 radical (unpaired) electrons. The highest BCUT2D eigenvalue weighted by Gasteiger charge is 2.33. The Labute approximate surface area is 365 Å². The topological polar surface area (TPSA) is 26.2 Å². The third kappa shape index (κ3) is 14.1. The Bertz CT molecular complexity index is 1740. The number of para-hydroxylation sites is 2. The first-order valence-corrected chi connectivity index (χ1v) is 25.1. The van der Waals surface area contributed by atoms with Gasteiger partial charge >= 0.3 is 0 Å². The van der Waals surface area contributed by atoms with Crippen molar-refractivity contribution in [1.29, 1.82) is 0 Å². The molecule has 0 fully saturated rings. The van der Waals surface area contributed by atoms with E-state index in [0.29, 0.717) is 0 Å². The fourth-order valence-electron chi connectivity index (χ4n) is 9.45. The summed E-state index contributed by atoms with van der Waals surface area (Å²) in [4.78, 5) is 0. The van der Waals surface area contributed by atoms with E-state index in [-0.39, 0.29) is 0 Å². The lowest BCUT2D eigenvalue weighted by Gasteiger charge is -2.28. The van der Waals surface area contributed by atoms with Gasteiger partial charge in [-0.3, -0.25) is 0 Å². The Balaban J connectivity index is 1.03. The molecule has 0 bridgehead atoms. The fourth-order valence-corrected chi connectivity index (χ4v) is 9.45. The van der Waals surface area contributed by atoms with Gasteiger partial charge in [0.05, 0.1) is 0 Å². The lowest BCUT2D eigenvalue weighted by atomic mass is 9.83. The zero-order chi connectivity index (χ0) is 41.5. The molecule has 0 saturated heterocycles. The second kappa shape index (κ2) is 26.4. The maximum absolute atomic E-state index is 6.68. The smallest absolute Gasteiger partial charge is 0.212 e. The number of hydrogen-bond acceptors (Lipinski definition) is 2. The Hall–Kier alpha value is -3.92. The van der Waals surface area contributed by atoms with E-state index in [1.807, 2.05) is 0 Å². The number of benzene rings is 2. The standard InChI is InChI=1S/C56H80N2O2/c1-3-5-7-9-11-13-15-17-19-21-23-25-27-33-41-57-43-39-49-53(45-57)59-51-37-31-29-35-47(51)55(49)56-48-36-30-32-38-52(48)60-54-46-58(44-40-50(54)56)42-34-28-26-24-22-20-18-16-14-12-10-8-6-4-2/h29-32,35-40,43-46H,3-28,33-34,41-42H2,1-2H3/q+2/b56-55+. The number of aryl methyl sites for hydroxylation is 2. The average Bonchev–Trinajstić information content (AvgIpc) is 3.27. The first-order chi connectivity index (χ1) is 29.8. The highest BCUT2D eigenvalue weighted by atomic mass is 16.5. The molecular weight excluding hydrogens is 733 g/mol. The number of ether oxygens (including phenoxy) is 2. The van der Waals surface area contributed by atoms with Crippen molar-refractivity contribution >= 4 is 11.1 Å². The van der Waals surface area contributed by atoms with Gasteiger partial charge in [-0.1, -0.05) is 204 Å². The van der Waals surface area contributed by atoms with Crippen LogP contribution in [0.25, 0.3) is 11.1 Å². The minimum atomic E-state index is 0.913. The molecule has 324 valence electrons. The Morgan fingerprint density at radius 3 is 0.933 bits per heavy atom. The molecule has 4 aromatic rings. The van der Waals surface area contributed by atoms with Crippen LogP contribution in [-0.4, -0.2) is 0 Å². The lowest BCUT2D eigenvalue weighted by molar-refractivity contribution is -0.697. The van der Waals surface area contributed by atoms with Crippen LogP contribution in [0, 0.1) is 0 Å². The second-order valence-electron chi connectivity index (χ2n) is 18.1. The van der Waals surface area contributed by atoms with Gasteiger partial charge in [-0.25, -0.2) is 9.13 Å². The number of rotatable bonds is 30. The van der Waals surface area contributed by atoms with Gasteiger partial charge in [0, 0.05) is 58.4 Å². The van der Waals surface area contributed by atoms with Crippen LogP contribution in [0.3, 0.4) is 0 Å². The predicted octanol–water partition coefficient (Wildman–Crippen LogP) is 16.4. The van der Waals surface area contributed by atoms with Crippen molar-refractivity contribution in [2.75, 3.05) is 0 Å². The first kappa shape index (κ1) is 45.6. The Kier molecular flexibility index (Phi) is 20.1. The molecular formula is C56H80N2O2+2. The zero-order valence-electron chi connectivity index (χ0n) is 38.0. The summed E-state index contributed by atoms with van der Waals surface area (Å²) >= 11 is 0. The summed E-state index contributed by atoms with van der Waals surface area (Å²) in [6, 6.07) is 21.7. The van der Waals surface area contributed by atoms with Crippen molar-refractivity contribution in [3.05, 3.63) is 108 Å². The molecule has 2 aromatic carbocycles. The van der Waals surface area contributed by atoms with E-state index in [9.17, 15) is 0 Å². The average molecular weight is 813 g/mol. The van der Waals surface area contributed by atoms with Gasteiger partial charge in [0.1, 0.15) is 24.6 Å². The molecule has 4 nitrogen and oxygen atoms in total. The van der Waals surface area contributed by atoms with E-state index in [2.05, 4.69) is 108 Å². The Morgan fingerprint density at radius 1 is 0.317 bits per heavy atom. The fraction of sp³-hybridized carbons (Fsp3) is 0.571. The van der Waals surface area contributed by atoms with Gasteiger partial charge in [-0.05, 0) is 25.0 Å². The van der Waals surface area contributed by atoms with Crippen LogP contribution in [0.1, 0.15) is 216 Å². The molecule has 0 N–H and O–H groups in total. The molecule has 0 saturated carbocycles. The number of unbranched alkanes of at least 4 members (excludes halogenated alkanes) is 26. The SMILES string of the molecule is CCCCCCCCCCCCCCCC[n+]1ccc2c(c1)Oc1ccccc1/C2=C1/c2ccccc2Oc2c[n+](CCCCCCCCCCCCCCCC)ccc21. The first-order valence-electron chi connectivity index (χ1n) is 25.1. The van der Waals surface area contributed by atoms with Gasteiger partial charge in [0.25, 0.3) is 0 Å². The highest BCUT2D eigenvalue weighted by molar-refractivity contribution is 6.09. The molecule has 0 unspecified atom stereocenters. The number of aromatic nitrogens is 2. The normalized spacial score (nSPS) is 13.9. The van der Waals surface area contributed by atoms with Crippen LogP contribution < -0.4 is 18.6 Å². The zero-order valence-corrected chi connectivity index (χ0v) is 38.0. The van der Waals surface area contributed by atoms with Crippen molar-refractivity contribution in [3.8, 4) is 23.0 Å². The minimum absolute atomic E-state index is 0.913. The van der Waals surface area contributed by atoms with Crippen molar-refractivity contribution in [2.24, 2.45) is 0 Å². The summed E-state index contributed by atoms with van der Waals surface area (Å²) in [6.45, 7) is 6.63. The van der Waals surface area contributed by atoms with Crippen LogP contribution in [-0.2, 0) is 13.1 Å². The van der Waals surface area contributed by atoms with Crippen molar-refractivity contribution in [3.63, 3.8) is 0 Å². The molecule has 2 aromatic heterocycles. The summed E-state index contributed by atoms with van der Waals surface area (Å²) < 4.78 is 18.0. The molecule has 0 amide bonds. The predicted molar refractivity (Wildman–Crippen MR) is 252 cm³/mol. The van der Waals surface area contributed by atoms with Crippen LogP contribution in [0.15, 0.2) is 85.5 Å². The van der Waals surface area contributed by atoms with E-state index in [0.717, 1.165) is 58.3 Å². The van der Waals surface area contributed by atoms with Gasteiger partial charge in [0.2, 0.25) is 12.4 Å².